The molecule has 0 spiro atoms. The normalized spacial score (nSPS) is 10.1. The number of likely N-dealkylation sites (N-methyl/N-ethyl adjacent to an activating group) is 1. The average Bonchev–Trinajstić information content (AvgIpc) is 2.35. The van der Waals surface area contributed by atoms with Crippen LogP contribution in [0.15, 0.2) is 12.3 Å². The van der Waals surface area contributed by atoms with E-state index in [1.54, 1.807) is 24.8 Å². The largest absolute Gasteiger partial charge is 0.465 e. The lowest BCUT2D eigenvalue weighted by molar-refractivity contribution is -0.385. The summed E-state index contributed by atoms with van der Waals surface area (Å²) in [5.74, 6) is 0.181. The molecule has 0 aliphatic rings. The van der Waals surface area contributed by atoms with Gasteiger partial charge >= 0.3 is 5.97 Å². The number of aryl methyl sites for hydroxylation is 1. The van der Waals surface area contributed by atoms with E-state index in [2.05, 4.69) is 4.98 Å². The number of nitrogens with zero attached hydrogens (tertiary/aromatic N) is 3. The quantitative estimate of drug-likeness (QED) is 0.443. The molecule has 0 N–H and O–H groups in total. The van der Waals surface area contributed by atoms with Crippen molar-refractivity contribution in [3.63, 3.8) is 0 Å². The van der Waals surface area contributed by atoms with E-state index in [0.29, 0.717) is 24.5 Å². The second-order valence-electron chi connectivity index (χ2n) is 3.91. The standard InChI is InChI=1S/C12H17N3O4/c1-4-14(8-12(16)19-5-2)11-6-9(3)10(7-13-11)15(17)18/h6-7H,4-5,8H2,1-3H3. The van der Waals surface area contributed by atoms with Crippen molar-refractivity contribution in [3.05, 3.63) is 27.9 Å². The summed E-state index contributed by atoms with van der Waals surface area (Å²) < 4.78 is 4.87. The molecule has 1 rings (SSSR count). The van der Waals surface area contributed by atoms with E-state index >= 15 is 0 Å². The SMILES string of the molecule is CCOC(=O)CN(CC)c1cc(C)c([N+](=O)[O-])cn1. The zero-order valence-electron chi connectivity index (χ0n) is 11.3. The molecular formula is C12H17N3O4. The van der Waals surface area contributed by atoms with Gasteiger partial charge in [0.05, 0.1) is 11.5 Å². The van der Waals surface area contributed by atoms with Crippen LogP contribution < -0.4 is 4.90 Å². The molecule has 7 nitrogen and oxygen atoms in total. The number of ether oxygens (including phenoxy) is 1. The molecule has 0 aliphatic heterocycles. The first-order valence-corrected chi connectivity index (χ1v) is 6.01. The van der Waals surface area contributed by atoms with Gasteiger partial charge in [-0.15, -0.1) is 0 Å². The highest BCUT2D eigenvalue weighted by Gasteiger charge is 2.16. The van der Waals surface area contributed by atoms with Gasteiger partial charge < -0.3 is 9.64 Å². The Hall–Kier alpha value is -2.18. The Morgan fingerprint density at radius 3 is 2.68 bits per heavy atom. The molecule has 1 heterocycles. The molecule has 0 saturated heterocycles. The van der Waals surface area contributed by atoms with E-state index in [9.17, 15) is 14.9 Å². The Bertz CT molecular complexity index is 476. The lowest BCUT2D eigenvalue weighted by atomic mass is 10.2. The number of aromatic nitrogens is 1. The minimum Gasteiger partial charge on any atom is -0.465 e. The molecule has 1 aromatic heterocycles. The van der Waals surface area contributed by atoms with Crippen molar-refractivity contribution < 1.29 is 14.5 Å². The predicted molar refractivity (Wildman–Crippen MR) is 70.1 cm³/mol. The van der Waals surface area contributed by atoms with Crippen molar-refractivity contribution in [2.75, 3.05) is 24.6 Å². The van der Waals surface area contributed by atoms with E-state index in [-0.39, 0.29) is 18.2 Å². The Balaban J connectivity index is 2.90. The van der Waals surface area contributed by atoms with Gasteiger partial charge in [-0.05, 0) is 26.8 Å². The van der Waals surface area contributed by atoms with Gasteiger partial charge in [0.2, 0.25) is 0 Å². The second kappa shape index (κ2) is 6.67. The first-order valence-electron chi connectivity index (χ1n) is 6.01. The first kappa shape index (κ1) is 14.9. The van der Waals surface area contributed by atoms with E-state index in [4.69, 9.17) is 4.74 Å². The van der Waals surface area contributed by atoms with Gasteiger partial charge in [-0.1, -0.05) is 0 Å². The maximum absolute atomic E-state index is 11.4. The number of hydrogen-bond donors (Lipinski definition) is 0. The lowest BCUT2D eigenvalue weighted by Crippen LogP contribution is -2.31. The molecule has 19 heavy (non-hydrogen) atoms. The molecule has 0 saturated carbocycles. The third-order valence-corrected chi connectivity index (χ3v) is 2.60. The molecule has 0 aromatic carbocycles. The molecule has 0 amide bonds. The summed E-state index contributed by atoms with van der Waals surface area (Å²) in [7, 11) is 0. The number of esters is 1. The van der Waals surface area contributed by atoms with Crippen molar-refractivity contribution >= 4 is 17.5 Å². The third kappa shape index (κ3) is 3.90. The highest BCUT2D eigenvalue weighted by Crippen LogP contribution is 2.21. The van der Waals surface area contributed by atoms with Gasteiger partial charge in [0, 0.05) is 12.1 Å². The minimum absolute atomic E-state index is 0.0315. The molecule has 0 unspecified atom stereocenters. The fraction of sp³-hybridized carbons (Fsp3) is 0.500. The van der Waals surface area contributed by atoms with Crippen molar-refractivity contribution in [2.45, 2.75) is 20.8 Å². The smallest absolute Gasteiger partial charge is 0.325 e. The molecule has 0 atom stereocenters. The topological polar surface area (TPSA) is 85.6 Å². The summed E-state index contributed by atoms with van der Waals surface area (Å²) in [5.41, 5.74) is 0.480. The predicted octanol–water partition coefficient (Wildman–Crippen LogP) is 1.69. The molecular weight excluding hydrogens is 250 g/mol. The molecule has 0 radical (unpaired) electrons. The monoisotopic (exact) mass is 267 g/mol. The van der Waals surface area contributed by atoms with Crippen molar-refractivity contribution in [3.8, 4) is 0 Å². The van der Waals surface area contributed by atoms with Gasteiger partial charge in [0.15, 0.2) is 0 Å². The molecule has 104 valence electrons. The van der Waals surface area contributed by atoms with Crippen LogP contribution in [0.3, 0.4) is 0 Å². The molecule has 0 aliphatic carbocycles. The summed E-state index contributed by atoms with van der Waals surface area (Å²) in [6, 6.07) is 1.60. The molecule has 1 aromatic rings. The maximum atomic E-state index is 11.4. The van der Waals surface area contributed by atoms with Crippen LogP contribution in [-0.2, 0) is 9.53 Å². The second-order valence-corrected chi connectivity index (χ2v) is 3.91. The summed E-state index contributed by atoms with van der Waals surface area (Å²) in [4.78, 5) is 27.4. The number of hydrogen-bond acceptors (Lipinski definition) is 6. The van der Waals surface area contributed by atoms with Crippen LogP contribution in [0.1, 0.15) is 19.4 Å². The Morgan fingerprint density at radius 2 is 2.21 bits per heavy atom. The lowest BCUT2D eigenvalue weighted by Gasteiger charge is -2.20. The zero-order chi connectivity index (χ0) is 14.4. The molecule has 7 heteroatoms. The van der Waals surface area contributed by atoms with E-state index in [1.165, 1.54) is 6.20 Å². The van der Waals surface area contributed by atoms with E-state index in [1.807, 2.05) is 6.92 Å². The summed E-state index contributed by atoms with van der Waals surface area (Å²) in [5, 5.41) is 10.7. The Kier molecular flexibility index (Phi) is 5.23. The van der Waals surface area contributed by atoms with Crippen molar-refractivity contribution in [2.24, 2.45) is 0 Å². The van der Waals surface area contributed by atoms with Gasteiger partial charge in [0.25, 0.3) is 5.69 Å². The van der Waals surface area contributed by atoms with Crippen LogP contribution in [0, 0.1) is 17.0 Å². The van der Waals surface area contributed by atoms with E-state index in [0.717, 1.165) is 0 Å². The van der Waals surface area contributed by atoms with Crippen molar-refractivity contribution in [1.29, 1.82) is 0 Å². The summed E-state index contributed by atoms with van der Waals surface area (Å²) in [6.07, 6.45) is 1.21. The van der Waals surface area contributed by atoms with Crippen LogP contribution in [0.2, 0.25) is 0 Å². The van der Waals surface area contributed by atoms with Crippen LogP contribution in [0.5, 0.6) is 0 Å². The highest BCUT2D eigenvalue weighted by atomic mass is 16.6. The van der Waals surface area contributed by atoms with Gasteiger partial charge in [0.1, 0.15) is 18.6 Å². The van der Waals surface area contributed by atoms with Crippen LogP contribution in [0.4, 0.5) is 11.5 Å². The zero-order valence-corrected chi connectivity index (χ0v) is 11.3. The minimum atomic E-state index is -0.478. The van der Waals surface area contributed by atoms with Crippen molar-refractivity contribution in [1.82, 2.24) is 4.98 Å². The van der Waals surface area contributed by atoms with Gasteiger partial charge in [-0.2, -0.15) is 0 Å². The number of pyridine rings is 1. The van der Waals surface area contributed by atoms with Gasteiger partial charge in [-0.25, -0.2) is 4.98 Å². The van der Waals surface area contributed by atoms with Crippen LogP contribution in [0.25, 0.3) is 0 Å². The number of anilines is 1. The third-order valence-electron chi connectivity index (χ3n) is 2.60. The molecule has 0 bridgehead atoms. The fourth-order valence-corrected chi connectivity index (χ4v) is 1.62. The fourth-order valence-electron chi connectivity index (χ4n) is 1.62. The van der Waals surface area contributed by atoms with Gasteiger partial charge in [-0.3, -0.25) is 14.9 Å². The number of nitro groups is 1. The number of carbonyl (C=O) groups excluding carboxylic acids is 1. The number of carbonyl (C=O) groups is 1. The average molecular weight is 267 g/mol. The summed E-state index contributed by atoms with van der Waals surface area (Å²) >= 11 is 0. The molecule has 0 fully saturated rings. The van der Waals surface area contributed by atoms with Crippen LogP contribution >= 0.6 is 0 Å². The first-order chi connectivity index (χ1) is 8.99. The highest BCUT2D eigenvalue weighted by molar-refractivity contribution is 5.75. The number of rotatable bonds is 6. The summed E-state index contributed by atoms with van der Waals surface area (Å²) in [6.45, 7) is 6.21. The van der Waals surface area contributed by atoms with Crippen LogP contribution in [-0.4, -0.2) is 35.6 Å². The Morgan fingerprint density at radius 1 is 1.53 bits per heavy atom. The van der Waals surface area contributed by atoms with E-state index < -0.39 is 4.92 Å². The maximum Gasteiger partial charge on any atom is 0.325 e. The Labute approximate surface area is 111 Å².